The number of hydrogen-bond donors (Lipinski definition) is 5. The summed E-state index contributed by atoms with van der Waals surface area (Å²) in [5.74, 6) is 0. The number of nitrogens with one attached hydrogen (secondary N) is 5. The van der Waals surface area contributed by atoms with Gasteiger partial charge in [-0.25, -0.2) is 9.78 Å². The molecule has 0 saturated heterocycles. The van der Waals surface area contributed by atoms with Gasteiger partial charge in [-0.3, -0.25) is 0 Å². The van der Waals surface area contributed by atoms with Gasteiger partial charge < -0.3 is 38.9 Å². The monoisotopic (exact) mass is 872 g/mol. The number of carbonyl (C=O) groups excluding carboxylic acids is 1. The van der Waals surface area contributed by atoms with Gasteiger partial charge in [-0.05, 0) is 168 Å². The third-order valence-electron chi connectivity index (χ3n) is 11.9. The molecule has 1 aliphatic heterocycles. The van der Waals surface area contributed by atoms with Crippen LogP contribution in [0.1, 0.15) is 72.0 Å². The normalized spacial score (nSPS) is 12.1. The van der Waals surface area contributed by atoms with Crippen molar-refractivity contribution in [1.29, 1.82) is 0 Å². The number of aromatic amines is 3. The van der Waals surface area contributed by atoms with Crippen LogP contribution in [0.15, 0.2) is 84.9 Å². The summed E-state index contributed by atoms with van der Waals surface area (Å²) in [5.41, 5.74) is 22.0. The average molecular weight is 873 g/mol. The lowest BCUT2D eigenvalue weighted by Gasteiger charge is -2.28. The van der Waals surface area contributed by atoms with Gasteiger partial charge in [-0.2, -0.15) is 0 Å². The Morgan fingerprint density at radius 3 is 1.50 bits per heavy atom. The van der Waals surface area contributed by atoms with Crippen LogP contribution in [0.2, 0.25) is 6.04 Å². The molecule has 4 aromatic heterocycles. The van der Waals surface area contributed by atoms with Crippen LogP contribution >= 0.6 is 0 Å². The molecule has 0 radical (unpaired) electrons. The third kappa shape index (κ3) is 9.07. The number of amides is 2. The number of aryl methyl sites for hydroxylation is 6. The Morgan fingerprint density at radius 2 is 0.984 bits per heavy atom. The summed E-state index contributed by atoms with van der Waals surface area (Å²) in [6.07, 6.45) is 4.92. The standard InChI is InChI=1S/C53H60N6O4Si/c1-10-61-64(62-11-2,63-12-3)27-13-26-54-53(60)55-39-16-14-38(15-17-39)50-42-22-24-46(58-42)51(48-34(6)28-32(4)29-35(48)7)44-20-18-40(56-44)41-19-21-45(57-41)52(47-25-23-43(50)59-47)49-36(8)30-33(5)31-37(49)9/h14-25,28-31,56,58-59H,10-13,26-27H2,1-9H3,(H2,54,55,60). The number of nitrogens with zero attached hydrogens (tertiary/aromatic N) is 1. The minimum Gasteiger partial charge on any atom is -0.374 e. The van der Waals surface area contributed by atoms with Crippen molar-refractivity contribution in [3.8, 4) is 33.4 Å². The molecule has 0 spiro atoms. The lowest BCUT2D eigenvalue weighted by atomic mass is 9.92. The Morgan fingerprint density at radius 1 is 0.547 bits per heavy atom. The van der Waals surface area contributed by atoms with E-state index in [4.69, 9.17) is 18.3 Å². The van der Waals surface area contributed by atoms with Gasteiger partial charge in [0.25, 0.3) is 0 Å². The summed E-state index contributed by atoms with van der Waals surface area (Å²) < 4.78 is 18.0. The van der Waals surface area contributed by atoms with Gasteiger partial charge in [0.1, 0.15) is 0 Å². The van der Waals surface area contributed by atoms with Gasteiger partial charge in [0.05, 0.1) is 16.9 Å². The quantitative estimate of drug-likeness (QED) is 0.0549. The zero-order valence-electron chi connectivity index (χ0n) is 38.6. The van der Waals surface area contributed by atoms with Crippen LogP contribution in [-0.4, -0.2) is 61.1 Å². The number of urea groups is 1. The van der Waals surface area contributed by atoms with Crippen LogP contribution in [0.3, 0.4) is 0 Å². The van der Waals surface area contributed by atoms with Crippen LogP contribution in [-0.2, 0) is 13.3 Å². The van der Waals surface area contributed by atoms with Gasteiger partial charge in [0.15, 0.2) is 0 Å². The van der Waals surface area contributed by atoms with Gasteiger partial charge in [0, 0.05) is 82.4 Å². The third-order valence-corrected chi connectivity index (χ3v) is 15.1. The van der Waals surface area contributed by atoms with Gasteiger partial charge in [-0.15, -0.1) is 0 Å². The van der Waals surface area contributed by atoms with E-state index in [1.807, 2.05) is 32.9 Å². The van der Waals surface area contributed by atoms with E-state index in [9.17, 15) is 4.79 Å². The lowest BCUT2D eigenvalue weighted by molar-refractivity contribution is 0.0708. The van der Waals surface area contributed by atoms with Crippen molar-refractivity contribution in [2.75, 3.05) is 31.7 Å². The molecule has 0 atom stereocenters. The molecule has 330 valence electrons. The molecule has 0 fully saturated rings. The number of aromatic nitrogens is 4. The number of H-pyrrole nitrogens is 3. The Bertz CT molecular complexity index is 2950. The maximum Gasteiger partial charge on any atom is 0.500 e. The van der Waals surface area contributed by atoms with Crippen LogP contribution in [0, 0.1) is 41.5 Å². The highest BCUT2D eigenvalue weighted by molar-refractivity contribution is 6.60. The lowest BCUT2D eigenvalue weighted by Crippen LogP contribution is -2.46. The van der Waals surface area contributed by atoms with Crippen LogP contribution in [0.4, 0.5) is 10.5 Å². The molecule has 5 heterocycles. The van der Waals surface area contributed by atoms with Crippen molar-refractivity contribution in [3.63, 3.8) is 0 Å². The summed E-state index contributed by atoms with van der Waals surface area (Å²) in [7, 11) is -2.79. The number of benzene rings is 3. The molecule has 0 saturated carbocycles. The predicted octanol–water partition coefficient (Wildman–Crippen LogP) is 13.1. The fourth-order valence-corrected chi connectivity index (χ4v) is 12.2. The van der Waals surface area contributed by atoms with E-state index in [-0.39, 0.29) is 6.03 Å². The second-order valence-corrected chi connectivity index (χ2v) is 19.5. The second kappa shape index (κ2) is 18.8. The summed E-state index contributed by atoms with van der Waals surface area (Å²) in [4.78, 5) is 30.0. The molecule has 0 unspecified atom stereocenters. The second-order valence-electron chi connectivity index (χ2n) is 16.8. The first-order valence-corrected chi connectivity index (χ1v) is 24.4. The van der Waals surface area contributed by atoms with Crippen molar-refractivity contribution in [3.05, 3.63) is 130 Å². The maximum atomic E-state index is 13.1. The summed E-state index contributed by atoms with van der Waals surface area (Å²) in [5, 5.41) is 6.02. The molecule has 64 heavy (non-hydrogen) atoms. The number of fused-ring (bicyclic) bond motifs is 9. The molecule has 3 aromatic carbocycles. The molecule has 8 bridgehead atoms. The SMILES string of the molecule is CCO[Si](CCCNC(=O)Nc1ccc(-c2c3ccc([nH]3)c(-c3c(C)cc(C)cc3C)c3nc(c4ccc([nH]4)c(-c4c(C)cc(C)cc4C)c4ccc2[nH]4)C=C3)cc1)(OCC)OCC. The van der Waals surface area contributed by atoms with Crippen molar-refractivity contribution in [2.24, 2.45) is 0 Å². The largest absolute Gasteiger partial charge is 0.500 e. The highest BCUT2D eigenvalue weighted by atomic mass is 28.4. The van der Waals surface area contributed by atoms with E-state index < -0.39 is 8.80 Å². The molecule has 7 aromatic rings. The zero-order chi connectivity index (χ0) is 45.1. The average Bonchev–Trinajstić information content (AvgIpc) is 4.09. The van der Waals surface area contributed by atoms with E-state index in [0.717, 1.165) is 72.3 Å². The fraction of sp³-hybridized carbons (Fsp3) is 0.283. The number of hydrogen-bond acceptors (Lipinski definition) is 5. The van der Waals surface area contributed by atoms with Crippen molar-refractivity contribution < 1.29 is 18.1 Å². The first-order valence-electron chi connectivity index (χ1n) is 22.5. The molecule has 11 heteroatoms. The summed E-state index contributed by atoms with van der Waals surface area (Å²) in [6.45, 7) is 20.9. The minimum atomic E-state index is -2.79. The predicted molar refractivity (Wildman–Crippen MR) is 267 cm³/mol. The van der Waals surface area contributed by atoms with Gasteiger partial charge >= 0.3 is 14.8 Å². The topological polar surface area (TPSA) is 129 Å². The van der Waals surface area contributed by atoms with Crippen molar-refractivity contribution in [1.82, 2.24) is 25.3 Å². The van der Waals surface area contributed by atoms with Crippen LogP contribution in [0.5, 0.6) is 0 Å². The number of anilines is 1. The molecule has 0 aliphatic carbocycles. The van der Waals surface area contributed by atoms with E-state index in [1.165, 1.54) is 38.9 Å². The van der Waals surface area contributed by atoms with Crippen LogP contribution in [0.25, 0.3) is 78.6 Å². The van der Waals surface area contributed by atoms with Crippen LogP contribution < -0.4 is 10.6 Å². The van der Waals surface area contributed by atoms with E-state index >= 15 is 0 Å². The molecular formula is C53H60N6O4Si. The molecule has 2 amide bonds. The van der Waals surface area contributed by atoms with Gasteiger partial charge in [-0.1, -0.05) is 47.5 Å². The fourth-order valence-electron chi connectivity index (χ4n) is 9.54. The number of rotatable bonds is 14. The molecular weight excluding hydrogens is 813 g/mol. The molecule has 1 aliphatic rings. The molecule has 5 N–H and O–H groups in total. The Labute approximate surface area is 377 Å². The first-order chi connectivity index (χ1) is 30.9. The highest BCUT2D eigenvalue weighted by Gasteiger charge is 2.39. The van der Waals surface area contributed by atoms with Crippen molar-refractivity contribution in [2.45, 2.75) is 74.8 Å². The Kier molecular flexibility index (Phi) is 13.1. The minimum absolute atomic E-state index is 0.278. The molecule has 10 nitrogen and oxygen atoms in total. The first kappa shape index (κ1) is 44.4. The zero-order valence-corrected chi connectivity index (χ0v) is 39.6. The van der Waals surface area contributed by atoms with E-state index in [0.29, 0.717) is 44.5 Å². The maximum absolute atomic E-state index is 13.1. The van der Waals surface area contributed by atoms with E-state index in [1.54, 1.807) is 0 Å². The molecule has 8 rings (SSSR count). The Hall–Kier alpha value is -6.24. The number of carbonyl (C=O) groups is 1. The van der Waals surface area contributed by atoms with Gasteiger partial charge in [0.2, 0.25) is 0 Å². The Balaban J connectivity index is 1.25. The summed E-state index contributed by atoms with van der Waals surface area (Å²) in [6, 6.07) is 30.4. The van der Waals surface area contributed by atoms with E-state index in [2.05, 4.69) is 152 Å². The van der Waals surface area contributed by atoms with Crippen molar-refractivity contribution >= 4 is 65.8 Å². The summed E-state index contributed by atoms with van der Waals surface area (Å²) >= 11 is 0. The highest BCUT2D eigenvalue weighted by Crippen LogP contribution is 2.39. The smallest absolute Gasteiger partial charge is 0.374 e.